The van der Waals surface area contributed by atoms with Crippen LogP contribution < -0.4 is 5.32 Å². The molecule has 0 fully saturated rings. The molecule has 0 heterocycles. The number of hydrogen-bond acceptors (Lipinski definition) is 2. The van der Waals surface area contributed by atoms with Crippen LogP contribution in [0.15, 0.2) is 0 Å². The van der Waals surface area contributed by atoms with Crippen LogP contribution >= 0.6 is 11.6 Å². The highest BCUT2D eigenvalue weighted by Gasteiger charge is 2.08. The molecular formula is C5H8ClNO2. The Balaban J connectivity index is 3.63. The predicted octanol–water partition coefficient (Wildman–Crippen LogP) is 0.276. The number of amides is 1. The molecule has 1 N–H and O–H groups in total. The summed E-state index contributed by atoms with van der Waals surface area (Å²) in [6.07, 6.45) is 0. The van der Waals surface area contributed by atoms with E-state index in [2.05, 4.69) is 5.32 Å². The van der Waals surface area contributed by atoms with Gasteiger partial charge in [0.2, 0.25) is 11.1 Å². The van der Waals surface area contributed by atoms with Crippen molar-refractivity contribution in [2.45, 2.75) is 19.9 Å². The van der Waals surface area contributed by atoms with Crippen LogP contribution in [0.25, 0.3) is 0 Å². The summed E-state index contributed by atoms with van der Waals surface area (Å²) in [5.74, 6) is -0.253. The van der Waals surface area contributed by atoms with E-state index in [4.69, 9.17) is 11.6 Å². The van der Waals surface area contributed by atoms with Gasteiger partial charge in [-0.1, -0.05) is 0 Å². The van der Waals surface area contributed by atoms with E-state index in [1.54, 1.807) is 0 Å². The van der Waals surface area contributed by atoms with Crippen molar-refractivity contribution >= 4 is 22.8 Å². The van der Waals surface area contributed by atoms with Gasteiger partial charge in [-0.05, 0) is 18.5 Å². The first kappa shape index (κ1) is 8.43. The van der Waals surface area contributed by atoms with Gasteiger partial charge in [-0.25, -0.2) is 0 Å². The highest BCUT2D eigenvalue weighted by Crippen LogP contribution is 1.87. The molecule has 3 nitrogen and oxygen atoms in total. The summed E-state index contributed by atoms with van der Waals surface area (Å²) >= 11 is 5.02. The summed E-state index contributed by atoms with van der Waals surface area (Å²) in [7, 11) is 0. The normalized spacial score (nSPS) is 12.3. The van der Waals surface area contributed by atoms with Crippen molar-refractivity contribution in [1.82, 2.24) is 5.32 Å². The van der Waals surface area contributed by atoms with Crippen LogP contribution in [0.1, 0.15) is 13.8 Å². The topological polar surface area (TPSA) is 46.2 Å². The van der Waals surface area contributed by atoms with Crippen LogP contribution in [0, 0.1) is 0 Å². The molecule has 0 saturated carbocycles. The molecule has 0 unspecified atom stereocenters. The Morgan fingerprint density at radius 1 is 1.56 bits per heavy atom. The van der Waals surface area contributed by atoms with E-state index in [0.29, 0.717) is 0 Å². The quantitative estimate of drug-likeness (QED) is 0.574. The Labute approximate surface area is 58.4 Å². The van der Waals surface area contributed by atoms with Crippen molar-refractivity contribution in [3.05, 3.63) is 0 Å². The van der Waals surface area contributed by atoms with Gasteiger partial charge in [-0.3, -0.25) is 9.59 Å². The molecule has 0 radical (unpaired) electrons. The van der Waals surface area contributed by atoms with Gasteiger partial charge < -0.3 is 5.32 Å². The number of nitrogens with one attached hydrogen (secondary N) is 1. The Kier molecular flexibility index (Phi) is 3.24. The van der Waals surface area contributed by atoms with Crippen molar-refractivity contribution in [2.24, 2.45) is 0 Å². The molecule has 0 aliphatic rings. The number of rotatable bonds is 2. The van der Waals surface area contributed by atoms with Crippen LogP contribution in [0.5, 0.6) is 0 Å². The van der Waals surface area contributed by atoms with Gasteiger partial charge in [0.1, 0.15) is 6.04 Å². The van der Waals surface area contributed by atoms with Crippen LogP contribution in [0.3, 0.4) is 0 Å². The molecular weight excluding hydrogens is 142 g/mol. The molecule has 0 rings (SSSR count). The van der Waals surface area contributed by atoms with E-state index >= 15 is 0 Å². The standard InChI is InChI=1S/C5H8ClNO2/c1-3(5(6)9)7-4(2)8/h3H,1-2H3,(H,7,8)/t3-/m1/s1. The van der Waals surface area contributed by atoms with E-state index < -0.39 is 11.3 Å². The fourth-order valence-electron chi connectivity index (χ4n) is 0.362. The van der Waals surface area contributed by atoms with E-state index in [-0.39, 0.29) is 5.91 Å². The highest BCUT2D eigenvalue weighted by atomic mass is 35.5. The SMILES string of the molecule is CC(=O)N[C@H](C)C(=O)Cl. The number of hydrogen-bond donors (Lipinski definition) is 1. The monoisotopic (exact) mass is 149 g/mol. The van der Waals surface area contributed by atoms with Gasteiger partial charge in [-0.2, -0.15) is 0 Å². The molecule has 0 saturated heterocycles. The maximum Gasteiger partial charge on any atom is 0.243 e. The third kappa shape index (κ3) is 3.97. The number of carbonyl (C=O) groups excluding carboxylic acids is 2. The average molecular weight is 150 g/mol. The minimum absolute atomic E-state index is 0.253. The second-order valence-corrected chi connectivity index (χ2v) is 2.10. The fraction of sp³-hybridized carbons (Fsp3) is 0.600. The Bertz CT molecular complexity index is 135. The van der Waals surface area contributed by atoms with Crippen LogP contribution in [-0.4, -0.2) is 17.2 Å². The van der Waals surface area contributed by atoms with Crippen molar-refractivity contribution in [3.8, 4) is 0 Å². The van der Waals surface area contributed by atoms with Gasteiger partial charge in [-0.15, -0.1) is 0 Å². The first-order valence-corrected chi connectivity index (χ1v) is 2.88. The number of carbonyl (C=O) groups is 2. The summed E-state index contributed by atoms with van der Waals surface area (Å²) in [4.78, 5) is 20.5. The molecule has 1 atom stereocenters. The Hall–Kier alpha value is -0.570. The van der Waals surface area contributed by atoms with Gasteiger partial charge in [0.25, 0.3) is 0 Å². The average Bonchev–Trinajstić information content (AvgIpc) is 1.63. The zero-order chi connectivity index (χ0) is 7.44. The predicted molar refractivity (Wildman–Crippen MR) is 34.1 cm³/mol. The van der Waals surface area contributed by atoms with Gasteiger partial charge >= 0.3 is 0 Å². The third-order valence-electron chi connectivity index (χ3n) is 0.760. The molecule has 9 heavy (non-hydrogen) atoms. The molecule has 4 heteroatoms. The van der Waals surface area contributed by atoms with Crippen molar-refractivity contribution in [1.29, 1.82) is 0 Å². The molecule has 52 valence electrons. The largest absolute Gasteiger partial charge is 0.345 e. The zero-order valence-corrected chi connectivity index (χ0v) is 6.03. The molecule has 0 aromatic heterocycles. The molecule has 0 aromatic carbocycles. The molecule has 1 amide bonds. The molecule has 0 spiro atoms. The summed E-state index contributed by atoms with van der Waals surface area (Å²) < 4.78 is 0. The Morgan fingerprint density at radius 2 is 2.00 bits per heavy atom. The lowest BCUT2D eigenvalue weighted by atomic mass is 10.4. The summed E-state index contributed by atoms with van der Waals surface area (Å²) in [6.45, 7) is 2.85. The number of halogens is 1. The summed E-state index contributed by atoms with van der Waals surface area (Å²) in [5.41, 5.74) is 0. The lowest BCUT2D eigenvalue weighted by Gasteiger charge is -2.04. The van der Waals surface area contributed by atoms with Gasteiger partial charge in [0.15, 0.2) is 0 Å². The minimum atomic E-state index is -0.579. The van der Waals surface area contributed by atoms with Crippen LogP contribution in [-0.2, 0) is 9.59 Å². The maximum absolute atomic E-state index is 10.2. The van der Waals surface area contributed by atoms with Crippen molar-refractivity contribution in [2.75, 3.05) is 0 Å². The first-order chi connectivity index (χ1) is 4.04. The second-order valence-electron chi connectivity index (χ2n) is 1.73. The lowest BCUT2D eigenvalue weighted by Crippen LogP contribution is -2.34. The van der Waals surface area contributed by atoms with Gasteiger partial charge in [0.05, 0.1) is 0 Å². The van der Waals surface area contributed by atoms with Crippen LogP contribution in [0.4, 0.5) is 0 Å². The maximum atomic E-state index is 10.2. The van der Waals surface area contributed by atoms with E-state index in [0.717, 1.165) is 0 Å². The summed E-state index contributed by atoms with van der Waals surface area (Å²) in [5, 5.41) is 1.77. The Morgan fingerprint density at radius 3 is 2.11 bits per heavy atom. The van der Waals surface area contributed by atoms with Crippen LogP contribution in [0.2, 0.25) is 0 Å². The lowest BCUT2D eigenvalue weighted by molar-refractivity contribution is -0.123. The first-order valence-electron chi connectivity index (χ1n) is 2.50. The van der Waals surface area contributed by atoms with E-state index in [1.165, 1.54) is 13.8 Å². The second kappa shape index (κ2) is 3.45. The van der Waals surface area contributed by atoms with Crippen molar-refractivity contribution in [3.63, 3.8) is 0 Å². The zero-order valence-electron chi connectivity index (χ0n) is 5.27. The summed E-state index contributed by atoms with van der Waals surface area (Å²) in [6, 6.07) is -0.579. The molecule has 0 aromatic rings. The van der Waals surface area contributed by atoms with E-state index in [1.807, 2.05) is 0 Å². The highest BCUT2D eigenvalue weighted by molar-refractivity contribution is 6.64. The minimum Gasteiger partial charge on any atom is -0.345 e. The van der Waals surface area contributed by atoms with Gasteiger partial charge in [0, 0.05) is 6.92 Å². The smallest absolute Gasteiger partial charge is 0.243 e. The van der Waals surface area contributed by atoms with E-state index in [9.17, 15) is 9.59 Å². The van der Waals surface area contributed by atoms with Crippen molar-refractivity contribution < 1.29 is 9.59 Å². The molecule has 0 bridgehead atoms. The molecule has 0 aliphatic heterocycles. The fourth-order valence-corrected chi connectivity index (χ4v) is 0.416. The molecule has 0 aliphatic carbocycles. The third-order valence-corrected chi connectivity index (χ3v) is 1.09.